The SMILES string of the molecule is CN(S)Nc1nccc(COc2ccc(C(C)(C)c3cc(Cl)c(CN4CCCC(F)(F)C4)c(Cl)c3)cc2)n1. The minimum absolute atomic E-state index is 0.0742. The summed E-state index contributed by atoms with van der Waals surface area (Å²) in [6.45, 7) is 5.09. The molecule has 1 aliphatic rings. The average molecular weight is 583 g/mol. The number of likely N-dealkylation sites (tertiary alicyclic amines) is 1. The van der Waals surface area contributed by atoms with Crippen LogP contribution in [-0.2, 0) is 18.6 Å². The number of rotatable bonds is 9. The van der Waals surface area contributed by atoms with Gasteiger partial charge in [0.15, 0.2) is 0 Å². The summed E-state index contributed by atoms with van der Waals surface area (Å²) in [6, 6.07) is 13.4. The lowest BCUT2D eigenvalue weighted by atomic mass is 9.78. The first-order valence-corrected chi connectivity index (χ1v) is 13.4. The Hall–Kier alpha value is -2.17. The van der Waals surface area contributed by atoms with E-state index in [9.17, 15) is 8.78 Å². The monoisotopic (exact) mass is 581 g/mol. The second kappa shape index (κ2) is 11.9. The van der Waals surface area contributed by atoms with Gasteiger partial charge in [0.1, 0.15) is 12.4 Å². The Morgan fingerprint density at radius 2 is 1.82 bits per heavy atom. The number of ether oxygens (including phenoxy) is 1. The third-order valence-electron chi connectivity index (χ3n) is 6.65. The number of piperidine rings is 1. The van der Waals surface area contributed by atoms with Crippen molar-refractivity contribution in [3.05, 3.63) is 81.1 Å². The average Bonchev–Trinajstić information content (AvgIpc) is 2.84. The van der Waals surface area contributed by atoms with E-state index in [0.29, 0.717) is 46.8 Å². The van der Waals surface area contributed by atoms with Gasteiger partial charge in [0, 0.05) is 47.2 Å². The lowest BCUT2D eigenvalue weighted by Crippen LogP contribution is -2.42. The van der Waals surface area contributed by atoms with Gasteiger partial charge >= 0.3 is 0 Å². The highest BCUT2D eigenvalue weighted by Gasteiger charge is 2.35. The number of aromatic nitrogens is 2. The van der Waals surface area contributed by atoms with Crippen LogP contribution >= 0.6 is 36.0 Å². The number of thiol groups is 1. The van der Waals surface area contributed by atoms with Crippen LogP contribution in [0.5, 0.6) is 5.75 Å². The van der Waals surface area contributed by atoms with Crippen LogP contribution in [0, 0.1) is 0 Å². The minimum atomic E-state index is -2.67. The van der Waals surface area contributed by atoms with Crippen LogP contribution < -0.4 is 10.2 Å². The molecule has 204 valence electrons. The first kappa shape index (κ1) is 28.8. The van der Waals surface area contributed by atoms with Crippen LogP contribution in [0.4, 0.5) is 14.7 Å². The Morgan fingerprint density at radius 3 is 2.45 bits per heavy atom. The molecule has 0 amide bonds. The fraction of sp³-hybridized carbons (Fsp3) is 0.407. The highest BCUT2D eigenvalue weighted by atomic mass is 35.5. The smallest absolute Gasteiger partial charge is 0.260 e. The zero-order valence-electron chi connectivity index (χ0n) is 21.5. The summed E-state index contributed by atoms with van der Waals surface area (Å²) in [6.07, 6.45) is 2.04. The van der Waals surface area contributed by atoms with Crippen LogP contribution in [0.3, 0.4) is 0 Å². The zero-order valence-corrected chi connectivity index (χ0v) is 23.9. The van der Waals surface area contributed by atoms with Crippen molar-refractivity contribution in [3.8, 4) is 5.75 Å². The van der Waals surface area contributed by atoms with Gasteiger partial charge in [-0.1, -0.05) is 62.0 Å². The second-order valence-electron chi connectivity index (χ2n) is 10.0. The Labute approximate surface area is 237 Å². The van der Waals surface area contributed by atoms with E-state index in [2.05, 4.69) is 42.1 Å². The molecular formula is C27H31Cl2F2N5OS. The molecule has 1 fully saturated rings. The molecule has 0 bridgehead atoms. The van der Waals surface area contributed by atoms with Gasteiger partial charge in [0.25, 0.3) is 5.92 Å². The summed E-state index contributed by atoms with van der Waals surface area (Å²) >= 11 is 17.4. The number of benzene rings is 2. The van der Waals surface area contributed by atoms with Crippen molar-refractivity contribution in [2.75, 3.05) is 25.6 Å². The number of anilines is 1. The molecule has 1 saturated heterocycles. The standard InChI is InChI=1S/C27H31Cl2F2N5OS/c1-26(2,19-13-23(28)22(24(29)14-19)15-36-12-4-10-27(30,31)17-36)18-5-7-21(8-6-18)37-16-20-9-11-32-25(33-20)34-35(3)38/h5-9,11,13-14,38H,4,10,12,15-17H2,1-3H3,(H,32,33,34). The third kappa shape index (κ3) is 7.27. The fourth-order valence-electron chi connectivity index (χ4n) is 4.49. The van der Waals surface area contributed by atoms with E-state index in [-0.39, 0.29) is 19.6 Å². The van der Waals surface area contributed by atoms with Crippen LogP contribution in [0.2, 0.25) is 10.0 Å². The summed E-state index contributed by atoms with van der Waals surface area (Å²) in [5.41, 5.74) is 5.86. The Kier molecular flexibility index (Phi) is 9.04. The summed E-state index contributed by atoms with van der Waals surface area (Å²) < 4.78 is 35.1. The van der Waals surface area contributed by atoms with E-state index >= 15 is 0 Å². The second-order valence-corrected chi connectivity index (χ2v) is 11.4. The highest BCUT2D eigenvalue weighted by molar-refractivity contribution is 7.77. The topological polar surface area (TPSA) is 53.5 Å². The van der Waals surface area contributed by atoms with Gasteiger partial charge in [-0.05, 0) is 54.4 Å². The number of nitrogens with zero attached hydrogens (tertiary/aromatic N) is 4. The molecule has 0 radical (unpaired) electrons. The molecule has 1 aromatic heterocycles. The molecule has 2 heterocycles. The van der Waals surface area contributed by atoms with Crippen molar-refractivity contribution in [3.63, 3.8) is 0 Å². The van der Waals surface area contributed by atoms with Crippen LogP contribution in [-0.4, -0.2) is 45.3 Å². The maximum Gasteiger partial charge on any atom is 0.260 e. The molecule has 2 aromatic carbocycles. The van der Waals surface area contributed by atoms with E-state index in [0.717, 1.165) is 16.8 Å². The Bertz CT molecular complexity index is 1240. The highest BCUT2D eigenvalue weighted by Crippen LogP contribution is 2.38. The lowest BCUT2D eigenvalue weighted by molar-refractivity contribution is -0.0661. The number of alkyl halides is 2. The molecule has 0 spiro atoms. The molecule has 1 N–H and O–H groups in total. The molecule has 0 saturated carbocycles. The number of hydrogen-bond donors (Lipinski definition) is 2. The van der Waals surface area contributed by atoms with E-state index in [1.807, 2.05) is 36.4 Å². The Morgan fingerprint density at radius 1 is 1.13 bits per heavy atom. The first-order chi connectivity index (χ1) is 17.9. The Balaban J connectivity index is 1.44. The molecule has 0 unspecified atom stereocenters. The van der Waals surface area contributed by atoms with Crippen LogP contribution in [0.25, 0.3) is 0 Å². The van der Waals surface area contributed by atoms with E-state index < -0.39 is 11.3 Å². The third-order valence-corrected chi connectivity index (χ3v) is 7.43. The minimum Gasteiger partial charge on any atom is -0.487 e. The number of hydrogen-bond acceptors (Lipinski definition) is 7. The normalized spacial score (nSPS) is 16.0. The van der Waals surface area contributed by atoms with Crippen molar-refractivity contribution in [1.29, 1.82) is 0 Å². The largest absolute Gasteiger partial charge is 0.487 e. The maximum atomic E-state index is 13.9. The predicted molar refractivity (Wildman–Crippen MR) is 151 cm³/mol. The zero-order chi connectivity index (χ0) is 27.5. The van der Waals surface area contributed by atoms with Crippen molar-refractivity contribution in [2.24, 2.45) is 0 Å². The van der Waals surface area contributed by atoms with Crippen molar-refractivity contribution >= 4 is 42.0 Å². The molecule has 6 nitrogen and oxygen atoms in total. The van der Waals surface area contributed by atoms with Gasteiger partial charge in [-0.15, -0.1) is 0 Å². The number of hydrazine groups is 1. The van der Waals surface area contributed by atoms with Crippen molar-refractivity contribution in [1.82, 2.24) is 19.3 Å². The summed E-state index contributed by atoms with van der Waals surface area (Å²) in [5.74, 6) is -1.54. The first-order valence-electron chi connectivity index (χ1n) is 12.3. The van der Waals surface area contributed by atoms with Crippen molar-refractivity contribution in [2.45, 2.75) is 51.2 Å². The lowest BCUT2D eigenvalue weighted by Gasteiger charge is -2.33. The molecule has 1 aliphatic heterocycles. The maximum absolute atomic E-state index is 13.9. The molecule has 11 heteroatoms. The van der Waals surface area contributed by atoms with Gasteiger partial charge in [-0.3, -0.25) is 10.3 Å². The van der Waals surface area contributed by atoms with Gasteiger partial charge in [0.2, 0.25) is 5.95 Å². The number of nitrogens with one attached hydrogen (secondary N) is 1. The number of halogens is 4. The van der Waals surface area contributed by atoms with Gasteiger partial charge < -0.3 is 4.74 Å². The molecule has 4 rings (SSSR count). The summed E-state index contributed by atoms with van der Waals surface area (Å²) in [5, 5.41) is 0.967. The molecule has 0 aliphatic carbocycles. The van der Waals surface area contributed by atoms with Crippen LogP contribution in [0.1, 0.15) is 49.1 Å². The van der Waals surface area contributed by atoms with E-state index in [1.54, 1.807) is 24.2 Å². The predicted octanol–water partition coefficient (Wildman–Crippen LogP) is 7.02. The molecular weight excluding hydrogens is 551 g/mol. The van der Waals surface area contributed by atoms with Gasteiger partial charge in [-0.2, -0.15) is 4.41 Å². The molecule has 0 atom stereocenters. The van der Waals surface area contributed by atoms with Gasteiger partial charge in [-0.25, -0.2) is 18.7 Å². The van der Waals surface area contributed by atoms with Crippen LogP contribution in [0.15, 0.2) is 48.7 Å². The van der Waals surface area contributed by atoms with Crippen molar-refractivity contribution < 1.29 is 13.5 Å². The fourth-order valence-corrected chi connectivity index (χ4v) is 5.18. The van der Waals surface area contributed by atoms with Gasteiger partial charge in [0.05, 0.1) is 12.2 Å². The van der Waals surface area contributed by atoms with E-state index in [4.69, 9.17) is 27.9 Å². The molecule has 38 heavy (non-hydrogen) atoms. The molecule has 3 aromatic rings. The summed E-state index contributed by atoms with van der Waals surface area (Å²) in [4.78, 5) is 10.2. The van der Waals surface area contributed by atoms with E-state index in [1.165, 1.54) is 4.41 Å². The summed E-state index contributed by atoms with van der Waals surface area (Å²) in [7, 11) is 1.73. The quantitative estimate of drug-likeness (QED) is 0.209.